The zero-order valence-electron chi connectivity index (χ0n) is 30.6. The Labute approximate surface area is 323 Å². The Bertz CT molecular complexity index is 3320. The summed E-state index contributed by atoms with van der Waals surface area (Å²) in [7, 11) is 0. The molecule has 5 nitrogen and oxygen atoms in total. The van der Waals surface area contributed by atoms with Gasteiger partial charge < -0.3 is 13.7 Å². The second-order valence-electron chi connectivity index (χ2n) is 14.0. The van der Waals surface area contributed by atoms with Crippen LogP contribution in [0.4, 0.5) is 0 Å². The van der Waals surface area contributed by atoms with Crippen LogP contribution in [-0.2, 0) is 0 Å². The van der Waals surface area contributed by atoms with Crippen LogP contribution >= 0.6 is 0 Å². The quantitative estimate of drug-likeness (QED) is 0.161. The van der Waals surface area contributed by atoms with Crippen LogP contribution < -0.4 is 0 Å². The highest BCUT2D eigenvalue weighted by molar-refractivity contribution is 6.11. The summed E-state index contributed by atoms with van der Waals surface area (Å²) in [6, 6.07) is 57.1. The van der Waals surface area contributed by atoms with Crippen LogP contribution in [-0.4, -0.2) is 13.7 Å². The average molecular weight is 716 g/mol. The standard InChI is InChI=1S/C51H33N5/c1-3-4-19-44-33(2)37-18-13-24-50(55-46-21-10-5-14-38(46)39-15-6-11-22-47(39)55)51(37)56(44)48-23-12-7-16-40(48)42-30-36(27-26-35(42)32-53)54-45-20-9-8-17-41(45)43-29-34(31-52)25-28-49(43)54/h3-30H,1H2,2H3/b19-4-. The fourth-order valence-corrected chi connectivity index (χ4v) is 8.68. The Kier molecular flexibility index (Phi) is 7.56. The monoisotopic (exact) mass is 715 g/mol. The van der Waals surface area contributed by atoms with Crippen molar-refractivity contribution in [1.29, 1.82) is 10.5 Å². The topological polar surface area (TPSA) is 62.4 Å². The van der Waals surface area contributed by atoms with E-state index in [4.69, 9.17) is 0 Å². The van der Waals surface area contributed by atoms with Crippen molar-refractivity contribution in [3.8, 4) is 40.3 Å². The normalized spacial score (nSPS) is 11.6. The maximum atomic E-state index is 10.7. The van der Waals surface area contributed by atoms with Crippen LogP contribution in [0.15, 0.2) is 170 Å². The summed E-state index contributed by atoms with van der Waals surface area (Å²) in [6.45, 7) is 6.19. The lowest BCUT2D eigenvalue weighted by Gasteiger charge is -2.19. The van der Waals surface area contributed by atoms with Gasteiger partial charge in [0.2, 0.25) is 0 Å². The second-order valence-corrected chi connectivity index (χ2v) is 14.0. The van der Waals surface area contributed by atoms with Gasteiger partial charge in [0.05, 0.1) is 62.2 Å². The SMILES string of the molecule is C=C/C=C\c1c(C)c2cccc(-n3c4ccccc4c4ccccc43)c2n1-c1ccccc1-c1cc(-n2c3ccccc3c3cc(C#N)ccc32)ccc1C#N. The molecule has 10 rings (SSSR count). The summed E-state index contributed by atoms with van der Waals surface area (Å²) in [5.74, 6) is 0. The smallest absolute Gasteiger partial charge is 0.0998 e. The second kappa shape index (κ2) is 12.9. The zero-order valence-corrected chi connectivity index (χ0v) is 30.6. The number of rotatable bonds is 6. The molecular formula is C51H33N5. The number of aryl methyl sites for hydroxylation is 1. The van der Waals surface area contributed by atoms with Crippen molar-refractivity contribution in [2.75, 3.05) is 0 Å². The van der Waals surface area contributed by atoms with Gasteiger partial charge in [-0.05, 0) is 85.3 Å². The maximum Gasteiger partial charge on any atom is 0.0998 e. The largest absolute Gasteiger partial charge is 0.309 e. The van der Waals surface area contributed by atoms with Gasteiger partial charge in [-0.15, -0.1) is 0 Å². The molecule has 0 atom stereocenters. The van der Waals surface area contributed by atoms with Crippen molar-refractivity contribution in [3.63, 3.8) is 0 Å². The third kappa shape index (κ3) is 4.79. The summed E-state index contributed by atoms with van der Waals surface area (Å²) >= 11 is 0. The number of nitriles is 2. The van der Waals surface area contributed by atoms with Gasteiger partial charge in [-0.25, -0.2) is 0 Å². The van der Waals surface area contributed by atoms with Crippen molar-refractivity contribution in [3.05, 3.63) is 193 Å². The Hall–Kier alpha value is -7.86. The van der Waals surface area contributed by atoms with E-state index in [1.165, 1.54) is 10.8 Å². The van der Waals surface area contributed by atoms with Crippen molar-refractivity contribution in [1.82, 2.24) is 13.7 Å². The molecule has 0 saturated carbocycles. The van der Waals surface area contributed by atoms with E-state index >= 15 is 0 Å². The fraction of sp³-hybridized carbons (Fsp3) is 0.0196. The van der Waals surface area contributed by atoms with E-state index in [1.54, 1.807) is 0 Å². The molecule has 56 heavy (non-hydrogen) atoms. The van der Waals surface area contributed by atoms with E-state index in [0.29, 0.717) is 11.1 Å². The van der Waals surface area contributed by atoms with Crippen LogP contribution in [0.5, 0.6) is 0 Å². The highest BCUT2D eigenvalue weighted by Gasteiger charge is 2.23. The van der Waals surface area contributed by atoms with E-state index < -0.39 is 0 Å². The summed E-state index contributed by atoms with van der Waals surface area (Å²) < 4.78 is 6.97. The van der Waals surface area contributed by atoms with E-state index in [9.17, 15) is 10.5 Å². The molecule has 3 aromatic heterocycles. The van der Waals surface area contributed by atoms with E-state index in [-0.39, 0.29) is 0 Å². The van der Waals surface area contributed by atoms with Gasteiger partial charge in [0.15, 0.2) is 0 Å². The molecule has 10 aromatic rings. The molecule has 0 amide bonds. The van der Waals surface area contributed by atoms with Crippen molar-refractivity contribution in [2.45, 2.75) is 6.92 Å². The Balaban J connectivity index is 1.28. The van der Waals surface area contributed by atoms with Crippen LogP contribution in [0.3, 0.4) is 0 Å². The van der Waals surface area contributed by atoms with Crippen molar-refractivity contribution >= 4 is 60.6 Å². The number of fused-ring (bicyclic) bond motifs is 7. The van der Waals surface area contributed by atoms with E-state index in [0.717, 1.165) is 83.2 Å². The maximum absolute atomic E-state index is 10.7. The predicted molar refractivity (Wildman–Crippen MR) is 231 cm³/mol. The van der Waals surface area contributed by atoms with Crippen molar-refractivity contribution in [2.24, 2.45) is 0 Å². The van der Waals surface area contributed by atoms with Gasteiger partial charge in [0, 0.05) is 49.4 Å². The van der Waals surface area contributed by atoms with Gasteiger partial charge in [-0.3, -0.25) is 0 Å². The minimum atomic E-state index is 0.577. The molecule has 0 aliphatic carbocycles. The molecule has 0 saturated heterocycles. The fourth-order valence-electron chi connectivity index (χ4n) is 8.68. The first kappa shape index (κ1) is 32.8. The molecule has 7 aromatic carbocycles. The lowest BCUT2D eigenvalue weighted by Crippen LogP contribution is -2.04. The molecule has 0 N–H and O–H groups in total. The lowest BCUT2D eigenvalue weighted by molar-refractivity contribution is 1.08. The number of para-hydroxylation sites is 5. The average Bonchev–Trinajstić information content (AvgIpc) is 3.87. The molecule has 0 bridgehead atoms. The van der Waals surface area contributed by atoms with E-state index in [2.05, 4.69) is 149 Å². The number of allylic oxidation sites excluding steroid dienone is 2. The Morgan fingerprint density at radius 3 is 1.82 bits per heavy atom. The van der Waals surface area contributed by atoms with Gasteiger partial charge in [0.1, 0.15) is 0 Å². The Morgan fingerprint density at radius 1 is 0.518 bits per heavy atom. The Morgan fingerprint density at radius 2 is 1.12 bits per heavy atom. The number of nitrogens with zero attached hydrogens (tertiary/aromatic N) is 5. The molecule has 0 aliphatic heterocycles. The summed E-state index contributed by atoms with van der Waals surface area (Å²) in [5, 5.41) is 26.0. The molecule has 0 fully saturated rings. The van der Waals surface area contributed by atoms with Gasteiger partial charge in [-0.2, -0.15) is 10.5 Å². The lowest BCUT2D eigenvalue weighted by atomic mass is 9.97. The molecule has 262 valence electrons. The third-order valence-electron chi connectivity index (χ3n) is 11.1. The number of hydrogen-bond acceptors (Lipinski definition) is 2. The minimum Gasteiger partial charge on any atom is -0.309 e. The molecule has 0 unspecified atom stereocenters. The molecule has 0 aliphatic rings. The molecule has 3 heterocycles. The van der Waals surface area contributed by atoms with Gasteiger partial charge in [0.25, 0.3) is 0 Å². The van der Waals surface area contributed by atoms with Crippen molar-refractivity contribution < 1.29 is 0 Å². The van der Waals surface area contributed by atoms with Crippen LogP contribution in [0.1, 0.15) is 22.4 Å². The first-order valence-corrected chi connectivity index (χ1v) is 18.6. The number of hydrogen-bond donors (Lipinski definition) is 0. The number of aromatic nitrogens is 3. The third-order valence-corrected chi connectivity index (χ3v) is 11.1. The molecule has 0 spiro atoms. The summed E-state index contributed by atoms with van der Waals surface area (Å²) in [5.41, 5.74) is 13.4. The van der Waals surface area contributed by atoms with Crippen LogP contribution in [0, 0.1) is 29.6 Å². The van der Waals surface area contributed by atoms with Crippen LogP contribution in [0.2, 0.25) is 0 Å². The first-order chi connectivity index (χ1) is 27.6. The zero-order chi connectivity index (χ0) is 37.9. The molecular weight excluding hydrogens is 683 g/mol. The highest BCUT2D eigenvalue weighted by atomic mass is 15.1. The van der Waals surface area contributed by atoms with Gasteiger partial charge in [-0.1, -0.05) is 104 Å². The molecule has 0 radical (unpaired) electrons. The van der Waals surface area contributed by atoms with Gasteiger partial charge >= 0.3 is 0 Å². The predicted octanol–water partition coefficient (Wildman–Crippen LogP) is 12.7. The molecule has 5 heteroatoms. The van der Waals surface area contributed by atoms with Crippen LogP contribution in [0.25, 0.3) is 88.8 Å². The minimum absolute atomic E-state index is 0.577. The summed E-state index contributed by atoms with van der Waals surface area (Å²) in [4.78, 5) is 0. The van der Waals surface area contributed by atoms with E-state index in [1.807, 2.05) is 60.7 Å². The summed E-state index contributed by atoms with van der Waals surface area (Å²) in [6.07, 6.45) is 5.93. The first-order valence-electron chi connectivity index (χ1n) is 18.6. The highest BCUT2D eigenvalue weighted by Crippen LogP contribution is 2.42. The number of benzene rings is 7.